The molecule has 1 aliphatic heterocycles. The summed E-state index contributed by atoms with van der Waals surface area (Å²) >= 11 is 1.30. The minimum Gasteiger partial charge on any atom is -0.464 e. The van der Waals surface area contributed by atoms with Crippen LogP contribution in [0.15, 0.2) is 0 Å². The Bertz CT molecular complexity index is 761. The smallest absolute Gasteiger partial charge is 0.328 e. The van der Waals surface area contributed by atoms with Gasteiger partial charge in [-0.1, -0.05) is 32.1 Å². The second-order valence-electron chi connectivity index (χ2n) is 7.87. The number of hydrogen-bond acceptors (Lipinski definition) is 7. The molecular weight excluding hydrogens is 368 g/mol. The summed E-state index contributed by atoms with van der Waals surface area (Å²) in [6.07, 6.45) is 1.59. The second kappa shape index (κ2) is 7.55. The highest BCUT2D eigenvalue weighted by molar-refractivity contribution is 7.17. The van der Waals surface area contributed by atoms with Gasteiger partial charge in [-0.3, -0.25) is 19.4 Å². The van der Waals surface area contributed by atoms with Crippen LogP contribution in [0.5, 0.6) is 0 Å². The van der Waals surface area contributed by atoms with E-state index in [0.29, 0.717) is 42.7 Å². The zero-order chi connectivity index (χ0) is 19.8. The Labute approximate surface area is 163 Å². The van der Waals surface area contributed by atoms with Crippen LogP contribution < -0.4 is 4.90 Å². The molecule has 1 aromatic heterocycles. The van der Waals surface area contributed by atoms with Crippen molar-refractivity contribution in [1.82, 2.24) is 14.8 Å². The number of amides is 2. The van der Waals surface area contributed by atoms with Crippen LogP contribution in [-0.4, -0.2) is 66.1 Å². The molecule has 0 unspecified atom stereocenters. The fourth-order valence-electron chi connectivity index (χ4n) is 3.37. The van der Waals surface area contributed by atoms with Gasteiger partial charge in [0.1, 0.15) is 6.61 Å². The summed E-state index contributed by atoms with van der Waals surface area (Å²) in [7, 11) is 1.72. The SMILES string of the molecule is CCC(=O)OCCN1CN(C)C(=O)N(c2nc3c(s2)C(=O)CC(C)(C)C3)C1. The van der Waals surface area contributed by atoms with Crippen molar-refractivity contribution < 1.29 is 19.1 Å². The van der Waals surface area contributed by atoms with Gasteiger partial charge < -0.3 is 9.64 Å². The predicted octanol–water partition coefficient (Wildman–Crippen LogP) is 2.34. The number of fused-ring (bicyclic) bond motifs is 1. The normalized spacial score (nSPS) is 20.0. The first kappa shape index (κ1) is 19.8. The summed E-state index contributed by atoms with van der Waals surface area (Å²) in [6.45, 7) is 7.50. The fourth-order valence-corrected chi connectivity index (χ4v) is 4.38. The molecule has 2 amide bonds. The molecule has 9 heteroatoms. The van der Waals surface area contributed by atoms with Gasteiger partial charge >= 0.3 is 12.0 Å². The van der Waals surface area contributed by atoms with Gasteiger partial charge in [0.2, 0.25) is 0 Å². The summed E-state index contributed by atoms with van der Waals surface area (Å²) < 4.78 is 5.14. The van der Waals surface area contributed by atoms with Crippen molar-refractivity contribution in [2.24, 2.45) is 5.41 Å². The molecule has 27 heavy (non-hydrogen) atoms. The van der Waals surface area contributed by atoms with E-state index in [2.05, 4.69) is 18.8 Å². The molecule has 0 aromatic carbocycles. The maximum absolute atomic E-state index is 12.6. The molecule has 1 saturated heterocycles. The van der Waals surface area contributed by atoms with Crippen LogP contribution in [0.25, 0.3) is 0 Å². The quantitative estimate of drug-likeness (QED) is 0.713. The average molecular weight is 394 g/mol. The molecule has 8 nitrogen and oxygen atoms in total. The number of thiazole rings is 1. The molecule has 148 valence electrons. The first-order chi connectivity index (χ1) is 12.7. The van der Waals surface area contributed by atoms with Crippen LogP contribution in [0.2, 0.25) is 0 Å². The largest absolute Gasteiger partial charge is 0.464 e. The summed E-state index contributed by atoms with van der Waals surface area (Å²) in [5, 5.41) is 0.554. The van der Waals surface area contributed by atoms with E-state index in [-0.39, 0.29) is 29.8 Å². The molecule has 1 aliphatic carbocycles. The Hall–Kier alpha value is -2.00. The van der Waals surface area contributed by atoms with Gasteiger partial charge in [0.25, 0.3) is 0 Å². The second-order valence-corrected chi connectivity index (χ2v) is 8.85. The molecule has 2 aliphatic rings. The van der Waals surface area contributed by atoms with Crippen LogP contribution >= 0.6 is 11.3 Å². The average Bonchev–Trinajstić information content (AvgIpc) is 3.00. The minimum atomic E-state index is -0.234. The molecule has 0 spiro atoms. The number of ether oxygens (including phenoxy) is 1. The molecule has 0 atom stereocenters. The lowest BCUT2D eigenvalue weighted by atomic mass is 9.78. The molecule has 0 N–H and O–H groups in total. The number of nitrogens with zero attached hydrogens (tertiary/aromatic N) is 4. The van der Waals surface area contributed by atoms with Gasteiger partial charge in [0.05, 0.1) is 23.9 Å². The van der Waals surface area contributed by atoms with E-state index < -0.39 is 0 Å². The van der Waals surface area contributed by atoms with Gasteiger partial charge in [-0.25, -0.2) is 9.78 Å². The van der Waals surface area contributed by atoms with Gasteiger partial charge in [0.15, 0.2) is 10.9 Å². The third-order valence-electron chi connectivity index (χ3n) is 4.73. The highest BCUT2D eigenvalue weighted by Crippen LogP contribution is 2.39. The molecule has 3 rings (SSSR count). The van der Waals surface area contributed by atoms with E-state index in [1.807, 2.05) is 4.90 Å². The van der Waals surface area contributed by atoms with Crippen molar-refractivity contribution >= 4 is 34.3 Å². The molecule has 0 radical (unpaired) electrons. The standard InChI is InChI=1S/C18H26N4O4S/c1-5-14(24)26-7-6-21-10-20(4)17(25)22(11-21)16-19-12-8-18(2,3)9-13(23)15(12)27-16/h5-11H2,1-4H3. The number of hydrogen-bond donors (Lipinski definition) is 0. The topological polar surface area (TPSA) is 83.1 Å². The number of carbonyl (C=O) groups excluding carboxylic acids is 3. The van der Waals surface area contributed by atoms with Crippen molar-refractivity contribution in [2.45, 2.75) is 40.0 Å². The zero-order valence-corrected chi connectivity index (χ0v) is 17.1. The number of esters is 1. The first-order valence-electron chi connectivity index (χ1n) is 9.13. The monoisotopic (exact) mass is 394 g/mol. The predicted molar refractivity (Wildman–Crippen MR) is 102 cm³/mol. The van der Waals surface area contributed by atoms with Gasteiger partial charge in [-0.2, -0.15) is 0 Å². The minimum absolute atomic E-state index is 0.103. The van der Waals surface area contributed by atoms with E-state index in [4.69, 9.17) is 4.74 Å². The lowest BCUT2D eigenvalue weighted by Crippen LogP contribution is -2.57. The van der Waals surface area contributed by atoms with Crippen LogP contribution in [0.4, 0.5) is 9.93 Å². The van der Waals surface area contributed by atoms with E-state index in [1.165, 1.54) is 11.3 Å². The van der Waals surface area contributed by atoms with Crippen molar-refractivity contribution in [2.75, 3.05) is 38.4 Å². The summed E-state index contributed by atoms with van der Waals surface area (Å²) in [4.78, 5) is 46.9. The first-order valence-corrected chi connectivity index (χ1v) is 9.95. The number of anilines is 1. The van der Waals surface area contributed by atoms with Crippen molar-refractivity contribution in [3.8, 4) is 0 Å². The molecule has 2 heterocycles. The third-order valence-corrected chi connectivity index (χ3v) is 5.89. The Morgan fingerprint density at radius 2 is 2.00 bits per heavy atom. The lowest BCUT2D eigenvalue weighted by Gasteiger charge is -2.39. The summed E-state index contributed by atoms with van der Waals surface area (Å²) in [5.74, 6) is -0.131. The Kier molecular flexibility index (Phi) is 5.53. The third kappa shape index (κ3) is 4.30. The maximum atomic E-state index is 12.6. The molecule has 1 fully saturated rings. The Morgan fingerprint density at radius 1 is 1.26 bits per heavy atom. The van der Waals surface area contributed by atoms with Crippen LogP contribution in [0.1, 0.15) is 49.0 Å². The number of aromatic nitrogens is 1. The van der Waals surface area contributed by atoms with Crippen LogP contribution in [-0.2, 0) is 16.0 Å². The molecule has 0 saturated carbocycles. The number of ketones is 1. The number of urea groups is 1. The van der Waals surface area contributed by atoms with Gasteiger partial charge in [-0.05, 0) is 11.8 Å². The fraction of sp³-hybridized carbons (Fsp3) is 0.667. The van der Waals surface area contributed by atoms with E-state index in [0.717, 1.165) is 12.1 Å². The van der Waals surface area contributed by atoms with Crippen molar-refractivity contribution in [3.63, 3.8) is 0 Å². The van der Waals surface area contributed by atoms with Gasteiger partial charge in [0, 0.05) is 26.4 Å². The van der Waals surface area contributed by atoms with Crippen LogP contribution in [0.3, 0.4) is 0 Å². The summed E-state index contributed by atoms with van der Waals surface area (Å²) in [5.41, 5.74) is 0.688. The Balaban J connectivity index is 1.74. The number of rotatable bonds is 5. The van der Waals surface area contributed by atoms with E-state index >= 15 is 0 Å². The van der Waals surface area contributed by atoms with E-state index in [1.54, 1.807) is 23.8 Å². The highest BCUT2D eigenvalue weighted by Gasteiger charge is 2.37. The zero-order valence-electron chi connectivity index (χ0n) is 16.3. The Morgan fingerprint density at radius 3 is 2.70 bits per heavy atom. The number of carbonyl (C=O) groups is 3. The maximum Gasteiger partial charge on any atom is 0.328 e. The lowest BCUT2D eigenvalue weighted by molar-refractivity contribution is -0.143. The molecular formula is C18H26N4O4S. The summed E-state index contributed by atoms with van der Waals surface area (Å²) in [6, 6.07) is -0.144. The highest BCUT2D eigenvalue weighted by atomic mass is 32.1. The van der Waals surface area contributed by atoms with Gasteiger partial charge in [-0.15, -0.1) is 0 Å². The van der Waals surface area contributed by atoms with Crippen molar-refractivity contribution in [3.05, 3.63) is 10.6 Å². The molecule has 0 bridgehead atoms. The van der Waals surface area contributed by atoms with E-state index in [9.17, 15) is 14.4 Å². The number of Topliss-reactive ketones (excluding diaryl/α,β-unsaturated/α-hetero) is 1. The van der Waals surface area contributed by atoms with Crippen LogP contribution in [0, 0.1) is 5.41 Å². The molecule has 1 aromatic rings. The van der Waals surface area contributed by atoms with Crippen molar-refractivity contribution in [1.29, 1.82) is 0 Å².